The van der Waals surface area contributed by atoms with Crippen molar-refractivity contribution in [1.29, 1.82) is 0 Å². The van der Waals surface area contributed by atoms with Crippen LogP contribution in [0.15, 0.2) is 24.3 Å². The van der Waals surface area contributed by atoms with Gasteiger partial charge in [0.15, 0.2) is 6.10 Å². The molecular formula is C13H17N3O4. The number of amides is 4. The van der Waals surface area contributed by atoms with Crippen molar-refractivity contribution in [3.05, 3.63) is 29.8 Å². The van der Waals surface area contributed by atoms with Gasteiger partial charge in [0.05, 0.1) is 0 Å². The second-order valence-corrected chi connectivity index (χ2v) is 4.00. The first-order valence-corrected chi connectivity index (χ1v) is 6.09. The molecule has 0 aliphatic heterocycles. The van der Waals surface area contributed by atoms with Gasteiger partial charge < -0.3 is 15.8 Å². The van der Waals surface area contributed by atoms with Crippen LogP contribution in [0, 0.1) is 0 Å². The molecule has 1 aromatic rings. The Morgan fingerprint density at radius 3 is 2.35 bits per heavy atom. The van der Waals surface area contributed by atoms with Crippen molar-refractivity contribution >= 4 is 17.8 Å². The Hall–Kier alpha value is -2.57. The first kappa shape index (κ1) is 15.5. The number of ether oxygens (including phenoxy) is 1. The zero-order valence-corrected chi connectivity index (χ0v) is 11.3. The van der Waals surface area contributed by atoms with E-state index in [1.165, 1.54) is 31.2 Å². The third kappa shape index (κ3) is 4.60. The van der Waals surface area contributed by atoms with Crippen LogP contribution in [0.25, 0.3) is 0 Å². The van der Waals surface area contributed by atoms with Gasteiger partial charge in [0.25, 0.3) is 5.91 Å². The number of hydrogen-bond acceptors (Lipinski definition) is 4. The van der Waals surface area contributed by atoms with E-state index in [1.807, 2.05) is 0 Å². The van der Waals surface area contributed by atoms with Crippen molar-refractivity contribution in [2.45, 2.75) is 20.0 Å². The molecule has 0 saturated carbocycles. The minimum atomic E-state index is -0.850. The maximum atomic E-state index is 11.6. The molecule has 0 aliphatic rings. The van der Waals surface area contributed by atoms with Crippen molar-refractivity contribution in [3.8, 4) is 5.75 Å². The summed E-state index contributed by atoms with van der Waals surface area (Å²) in [6.07, 6.45) is -0.850. The summed E-state index contributed by atoms with van der Waals surface area (Å²) in [5, 5.41) is 4.58. The molecular weight excluding hydrogens is 262 g/mol. The summed E-state index contributed by atoms with van der Waals surface area (Å²) < 4.78 is 5.35. The third-order valence-corrected chi connectivity index (χ3v) is 2.39. The molecule has 0 aromatic heterocycles. The fourth-order valence-corrected chi connectivity index (χ4v) is 1.37. The van der Waals surface area contributed by atoms with E-state index in [4.69, 9.17) is 10.5 Å². The van der Waals surface area contributed by atoms with E-state index in [2.05, 4.69) is 10.6 Å². The van der Waals surface area contributed by atoms with Gasteiger partial charge in [-0.2, -0.15) is 0 Å². The Balaban J connectivity index is 2.56. The fraction of sp³-hybridized carbons (Fsp3) is 0.308. The van der Waals surface area contributed by atoms with Gasteiger partial charge in [-0.15, -0.1) is 0 Å². The van der Waals surface area contributed by atoms with E-state index >= 15 is 0 Å². The molecule has 0 heterocycles. The number of hydrogen-bond donors (Lipinski definition) is 3. The lowest BCUT2D eigenvalue weighted by Crippen LogP contribution is -2.45. The Bertz CT molecular complexity index is 499. The summed E-state index contributed by atoms with van der Waals surface area (Å²) in [5.74, 6) is -0.706. The lowest BCUT2D eigenvalue weighted by Gasteiger charge is -2.14. The molecule has 108 valence electrons. The van der Waals surface area contributed by atoms with Crippen LogP contribution in [0.1, 0.15) is 24.2 Å². The van der Waals surface area contributed by atoms with E-state index in [0.29, 0.717) is 17.9 Å². The molecule has 1 atom stereocenters. The summed E-state index contributed by atoms with van der Waals surface area (Å²) in [6.45, 7) is 3.67. The van der Waals surface area contributed by atoms with Gasteiger partial charge in [0.1, 0.15) is 5.75 Å². The topological polar surface area (TPSA) is 111 Å². The zero-order chi connectivity index (χ0) is 15.1. The number of nitrogens with two attached hydrogens (primary N) is 1. The van der Waals surface area contributed by atoms with Gasteiger partial charge in [-0.1, -0.05) is 0 Å². The maximum Gasteiger partial charge on any atom is 0.321 e. The number of benzene rings is 1. The molecule has 4 amide bonds. The van der Waals surface area contributed by atoms with Gasteiger partial charge in [-0.25, -0.2) is 4.79 Å². The van der Waals surface area contributed by atoms with Crippen molar-refractivity contribution in [3.63, 3.8) is 0 Å². The van der Waals surface area contributed by atoms with Crippen LogP contribution in [-0.4, -0.2) is 30.5 Å². The number of urea groups is 1. The number of primary amides is 1. The van der Waals surface area contributed by atoms with E-state index in [1.54, 1.807) is 6.92 Å². The van der Waals surface area contributed by atoms with Crippen molar-refractivity contribution in [2.75, 3.05) is 6.54 Å². The summed E-state index contributed by atoms with van der Waals surface area (Å²) in [6, 6.07) is 5.46. The summed E-state index contributed by atoms with van der Waals surface area (Å²) in [5.41, 5.74) is 5.45. The van der Waals surface area contributed by atoms with E-state index in [0.717, 1.165) is 0 Å². The molecule has 1 rings (SSSR count). The number of rotatable bonds is 5. The number of imide groups is 1. The zero-order valence-electron chi connectivity index (χ0n) is 11.3. The largest absolute Gasteiger partial charge is 0.481 e. The normalized spacial score (nSPS) is 11.3. The van der Waals surface area contributed by atoms with Gasteiger partial charge in [-0.3, -0.25) is 14.9 Å². The van der Waals surface area contributed by atoms with Crippen molar-refractivity contribution in [1.82, 2.24) is 10.6 Å². The highest BCUT2D eigenvalue weighted by atomic mass is 16.5. The number of carbonyl (C=O) groups is 3. The summed E-state index contributed by atoms with van der Waals surface area (Å²) in [7, 11) is 0. The Morgan fingerprint density at radius 1 is 1.25 bits per heavy atom. The van der Waals surface area contributed by atoms with Crippen LogP contribution >= 0.6 is 0 Å². The highest BCUT2D eigenvalue weighted by Gasteiger charge is 2.17. The van der Waals surface area contributed by atoms with Gasteiger partial charge in [0, 0.05) is 12.1 Å². The molecule has 0 saturated heterocycles. The lowest BCUT2D eigenvalue weighted by atomic mass is 10.2. The Morgan fingerprint density at radius 2 is 1.85 bits per heavy atom. The molecule has 4 N–H and O–H groups in total. The Labute approximate surface area is 116 Å². The smallest absolute Gasteiger partial charge is 0.321 e. The van der Waals surface area contributed by atoms with E-state index < -0.39 is 23.9 Å². The second-order valence-electron chi connectivity index (χ2n) is 4.00. The average Bonchev–Trinajstić information content (AvgIpc) is 2.39. The highest BCUT2D eigenvalue weighted by Crippen LogP contribution is 2.13. The van der Waals surface area contributed by atoms with Crippen molar-refractivity contribution < 1.29 is 19.1 Å². The second kappa shape index (κ2) is 7.13. The summed E-state index contributed by atoms with van der Waals surface area (Å²) in [4.78, 5) is 33.7. The minimum absolute atomic E-state index is 0.344. The third-order valence-electron chi connectivity index (χ3n) is 2.39. The molecule has 0 radical (unpaired) electrons. The molecule has 0 spiro atoms. The molecule has 20 heavy (non-hydrogen) atoms. The van der Waals surface area contributed by atoms with E-state index in [9.17, 15) is 14.4 Å². The van der Waals surface area contributed by atoms with Crippen molar-refractivity contribution in [2.24, 2.45) is 5.73 Å². The Kier molecular flexibility index (Phi) is 5.52. The monoisotopic (exact) mass is 279 g/mol. The lowest BCUT2D eigenvalue weighted by molar-refractivity contribution is -0.126. The first-order valence-electron chi connectivity index (χ1n) is 6.09. The molecule has 7 nitrogen and oxygen atoms in total. The molecule has 1 aromatic carbocycles. The molecule has 0 unspecified atom stereocenters. The van der Waals surface area contributed by atoms with Gasteiger partial charge >= 0.3 is 6.03 Å². The first-order chi connectivity index (χ1) is 9.43. The van der Waals surface area contributed by atoms with Crippen LogP contribution in [0.3, 0.4) is 0 Å². The van der Waals surface area contributed by atoms with Crippen LogP contribution in [-0.2, 0) is 4.79 Å². The van der Waals surface area contributed by atoms with Crippen LogP contribution < -0.4 is 21.1 Å². The van der Waals surface area contributed by atoms with Crippen LogP contribution in [0.2, 0.25) is 0 Å². The molecule has 0 aliphatic carbocycles. The predicted octanol–water partition coefficient (Wildman–Crippen LogP) is 0.399. The summed E-state index contributed by atoms with van der Waals surface area (Å²) >= 11 is 0. The predicted molar refractivity (Wildman–Crippen MR) is 72.3 cm³/mol. The highest BCUT2D eigenvalue weighted by molar-refractivity contribution is 5.96. The standard InChI is InChI=1S/C13H17N3O4/c1-3-15-13(19)16-12(18)8(2)20-10-6-4-9(5-7-10)11(14)17/h4-8H,3H2,1-2H3,(H2,14,17)(H2,15,16,18,19)/t8-/m0/s1. The average molecular weight is 279 g/mol. The number of nitrogens with one attached hydrogen (secondary N) is 2. The van der Waals surface area contributed by atoms with Crippen LogP contribution in [0.5, 0.6) is 5.75 Å². The van der Waals surface area contributed by atoms with Crippen LogP contribution in [0.4, 0.5) is 4.79 Å². The number of carbonyl (C=O) groups excluding carboxylic acids is 3. The fourth-order valence-electron chi connectivity index (χ4n) is 1.37. The molecule has 0 fully saturated rings. The minimum Gasteiger partial charge on any atom is -0.481 e. The quantitative estimate of drug-likeness (QED) is 0.724. The molecule has 7 heteroatoms. The maximum absolute atomic E-state index is 11.6. The van der Waals surface area contributed by atoms with Gasteiger partial charge in [-0.05, 0) is 38.1 Å². The SMILES string of the molecule is CCNC(=O)NC(=O)[C@H](C)Oc1ccc(C(N)=O)cc1. The van der Waals surface area contributed by atoms with Gasteiger partial charge in [0.2, 0.25) is 5.91 Å². The van der Waals surface area contributed by atoms with E-state index in [-0.39, 0.29) is 0 Å². The molecule has 0 bridgehead atoms.